The van der Waals surface area contributed by atoms with Crippen molar-refractivity contribution in [2.24, 2.45) is 5.92 Å². The summed E-state index contributed by atoms with van der Waals surface area (Å²) in [6.07, 6.45) is 2.12. The summed E-state index contributed by atoms with van der Waals surface area (Å²) in [6, 6.07) is 3.09. The molecule has 0 aliphatic heterocycles. The van der Waals surface area contributed by atoms with E-state index >= 15 is 0 Å². The molecule has 1 saturated carbocycles. The van der Waals surface area contributed by atoms with Crippen LogP contribution in [-0.4, -0.2) is 42.5 Å². The predicted octanol–water partition coefficient (Wildman–Crippen LogP) is 1.45. The Bertz CT molecular complexity index is 712. The topological polar surface area (TPSA) is 125 Å². The molecule has 1 aromatic rings. The molecule has 25 heavy (non-hydrogen) atoms. The van der Waals surface area contributed by atoms with Crippen molar-refractivity contribution in [2.75, 3.05) is 13.7 Å². The number of methoxy groups -OCH3 is 1. The third-order valence-corrected chi connectivity index (χ3v) is 3.84. The van der Waals surface area contributed by atoms with Crippen LogP contribution in [0.1, 0.15) is 40.5 Å². The summed E-state index contributed by atoms with van der Waals surface area (Å²) in [7, 11) is 1.12. The minimum Gasteiger partial charge on any atom is -0.465 e. The van der Waals surface area contributed by atoms with Gasteiger partial charge in [0.25, 0.3) is 11.6 Å². The Labute approximate surface area is 143 Å². The number of carbonyl (C=O) groups is 3. The van der Waals surface area contributed by atoms with Gasteiger partial charge in [0.05, 0.1) is 23.2 Å². The van der Waals surface area contributed by atoms with Crippen LogP contribution in [0, 0.1) is 16.0 Å². The molecule has 0 bridgehead atoms. The Balaban J connectivity index is 2.04. The van der Waals surface area contributed by atoms with Crippen molar-refractivity contribution in [3.05, 3.63) is 39.4 Å². The van der Waals surface area contributed by atoms with E-state index in [0.29, 0.717) is 5.92 Å². The van der Waals surface area contributed by atoms with Crippen molar-refractivity contribution in [2.45, 2.75) is 25.8 Å². The van der Waals surface area contributed by atoms with Crippen LogP contribution in [0.4, 0.5) is 5.69 Å². The highest BCUT2D eigenvalue weighted by molar-refractivity contribution is 5.97. The number of hydrogen-bond acceptors (Lipinski definition) is 7. The fraction of sp³-hybridized carbons (Fsp3) is 0.438. The van der Waals surface area contributed by atoms with E-state index in [4.69, 9.17) is 4.74 Å². The van der Waals surface area contributed by atoms with Crippen molar-refractivity contribution in [3.8, 4) is 0 Å². The first kappa shape index (κ1) is 18.4. The van der Waals surface area contributed by atoms with Crippen LogP contribution in [-0.2, 0) is 14.3 Å². The average molecular weight is 350 g/mol. The van der Waals surface area contributed by atoms with Gasteiger partial charge in [-0.15, -0.1) is 0 Å². The van der Waals surface area contributed by atoms with E-state index in [2.05, 4.69) is 10.1 Å². The van der Waals surface area contributed by atoms with Crippen LogP contribution in [0.3, 0.4) is 0 Å². The van der Waals surface area contributed by atoms with E-state index in [9.17, 15) is 24.5 Å². The molecule has 1 aliphatic carbocycles. The second-order valence-electron chi connectivity index (χ2n) is 5.79. The SMILES string of the molecule is COC(=O)c1cc(C(=O)OCC(=O)N[C@H](C)C2CC2)cc([N+](=O)[O-])c1. The number of nitro benzene ring substituents is 1. The smallest absolute Gasteiger partial charge is 0.338 e. The summed E-state index contributed by atoms with van der Waals surface area (Å²) in [5.74, 6) is -1.76. The lowest BCUT2D eigenvalue weighted by Crippen LogP contribution is -2.37. The zero-order chi connectivity index (χ0) is 18.6. The molecule has 0 spiro atoms. The lowest BCUT2D eigenvalue weighted by molar-refractivity contribution is -0.384. The maximum absolute atomic E-state index is 12.0. The van der Waals surface area contributed by atoms with E-state index in [1.165, 1.54) is 0 Å². The van der Waals surface area contributed by atoms with Gasteiger partial charge in [0, 0.05) is 18.2 Å². The predicted molar refractivity (Wildman–Crippen MR) is 85.0 cm³/mol. The van der Waals surface area contributed by atoms with Crippen LogP contribution in [0.25, 0.3) is 0 Å². The first-order chi connectivity index (χ1) is 11.8. The van der Waals surface area contributed by atoms with Crippen molar-refractivity contribution in [3.63, 3.8) is 0 Å². The maximum atomic E-state index is 12.0. The summed E-state index contributed by atoms with van der Waals surface area (Å²) < 4.78 is 9.37. The molecule has 1 aromatic carbocycles. The molecule has 0 saturated heterocycles. The lowest BCUT2D eigenvalue weighted by atomic mass is 10.1. The molecule has 1 atom stereocenters. The summed E-state index contributed by atoms with van der Waals surface area (Å²) in [6.45, 7) is 1.37. The first-order valence-corrected chi connectivity index (χ1v) is 7.66. The first-order valence-electron chi connectivity index (χ1n) is 7.66. The Morgan fingerprint density at radius 1 is 1.24 bits per heavy atom. The maximum Gasteiger partial charge on any atom is 0.338 e. The minimum absolute atomic E-state index is 0.00921. The minimum atomic E-state index is -0.942. The van der Waals surface area contributed by atoms with Crippen molar-refractivity contribution >= 4 is 23.5 Å². The summed E-state index contributed by atoms with van der Waals surface area (Å²) in [5, 5.41) is 13.7. The number of hydrogen-bond donors (Lipinski definition) is 1. The molecule has 9 nitrogen and oxygen atoms in total. The second-order valence-corrected chi connectivity index (χ2v) is 5.79. The van der Waals surface area contributed by atoms with Gasteiger partial charge in [0.2, 0.25) is 0 Å². The summed E-state index contributed by atoms with van der Waals surface area (Å²) in [5.41, 5.74) is -0.824. The standard InChI is InChI=1S/C16H18N2O7/c1-9(10-3-4-10)17-14(19)8-25-16(21)12-5-11(15(20)24-2)6-13(7-12)18(22)23/h5-7,9-10H,3-4,8H2,1-2H3,(H,17,19)/t9-/m1/s1. The molecule has 1 fully saturated rings. The number of carbonyl (C=O) groups excluding carboxylic acids is 3. The highest BCUT2D eigenvalue weighted by Gasteiger charge is 2.29. The molecule has 1 amide bonds. The Hall–Kier alpha value is -2.97. The number of nitrogens with zero attached hydrogens (tertiary/aromatic N) is 1. The normalized spacial score (nSPS) is 14.3. The fourth-order valence-electron chi connectivity index (χ4n) is 2.29. The number of non-ortho nitro benzene ring substituents is 1. The molecule has 134 valence electrons. The van der Waals surface area contributed by atoms with Crippen molar-refractivity contribution in [1.82, 2.24) is 5.32 Å². The van der Waals surface area contributed by atoms with Crippen molar-refractivity contribution < 1.29 is 28.8 Å². The van der Waals surface area contributed by atoms with Crippen LogP contribution < -0.4 is 5.32 Å². The number of nitro groups is 1. The number of nitrogens with one attached hydrogen (secondary N) is 1. The monoisotopic (exact) mass is 350 g/mol. The van der Waals surface area contributed by atoms with Gasteiger partial charge in [-0.25, -0.2) is 9.59 Å². The van der Waals surface area contributed by atoms with Crippen LogP contribution >= 0.6 is 0 Å². The van der Waals surface area contributed by atoms with E-state index in [1.807, 2.05) is 6.92 Å². The van der Waals surface area contributed by atoms with E-state index in [1.54, 1.807) is 0 Å². The average Bonchev–Trinajstić information content (AvgIpc) is 3.43. The van der Waals surface area contributed by atoms with Crippen LogP contribution in [0.15, 0.2) is 18.2 Å². The summed E-state index contributed by atoms with van der Waals surface area (Å²) >= 11 is 0. The Morgan fingerprint density at radius 2 is 1.84 bits per heavy atom. The van der Waals surface area contributed by atoms with E-state index in [-0.39, 0.29) is 17.2 Å². The van der Waals surface area contributed by atoms with E-state index in [0.717, 1.165) is 38.2 Å². The molecule has 2 rings (SSSR count). The quantitative estimate of drug-likeness (QED) is 0.448. The van der Waals surface area contributed by atoms with Crippen LogP contribution in [0.5, 0.6) is 0 Å². The second kappa shape index (κ2) is 7.73. The highest BCUT2D eigenvalue weighted by Crippen LogP contribution is 2.32. The molecule has 0 aromatic heterocycles. The number of esters is 2. The number of amides is 1. The molecule has 0 heterocycles. The van der Waals surface area contributed by atoms with Gasteiger partial charge in [-0.2, -0.15) is 0 Å². The fourth-order valence-corrected chi connectivity index (χ4v) is 2.29. The molecule has 9 heteroatoms. The van der Waals surface area contributed by atoms with Gasteiger partial charge in [-0.3, -0.25) is 14.9 Å². The molecular formula is C16H18N2O7. The molecular weight excluding hydrogens is 332 g/mol. The largest absolute Gasteiger partial charge is 0.465 e. The number of rotatable bonds is 7. The van der Waals surface area contributed by atoms with Gasteiger partial charge in [0.1, 0.15) is 0 Å². The number of benzene rings is 1. The molecule has 0 radical (unpaired) electrons. The zero-order valence-electron chi connectivity index (χ0n) is 13.8. The van der Waals surface area contributed by atoms with Gasteiger partial charge in [-0.1, -0.05) is 0 Å². The lowest BCUT2D eigenvalue weighted by Gasteiger charge is -2.12. The highest BCUT2D eigenvalue weighted by atomic mass is 16.6. The third kappa shape index (κ3) is 5.00. The van der Waals surface area contributed by atoms with Crippen LogP contribution in [0.2, 0.25) is 0 Å². The molecule has 1 aliphatic rings. The Morgan fingerprint density at radius 3 is 2.36 bits per heavy atom. The van der Waals surface area contributed by atoms with Crippen molar-refractivity contribution in [1.29, 1.82) is 0 Å². The van der Waals surface area contributed by atoms with E-state index < -0.39 is 35.1 Å². The van der Waals surface area contributed by atoms with Gasteiger partial charge < -0.3 is 14.8 Å². The van der Waals surface area contributed by atoms with Gasteiger partial charge in [0.15, 0.2) is 6.61 Å². The molecule has 0 unspecified atom stereocenters. The molecule has 1 N–H and O–H groups in total. The van der Waals surface area contributed by atoms with Gasteiger partial charge >= 0.3 is 11.9 Å². The third-order valence-electron chi connectivity index (χ3n) is 3.84. The van der Waals surface area contributed by atoms with Gasteiger partial charge in [-0.05, 0) is 31.7 Å². The Kier molecular flexibility index (Phi) is 5.68. The number of ether oxygens (including phenoxy) is 2. The summed E-state index contributed by atoms with van der Waals surface area (Å²) in [4.78, 5) is 45.5. The zero-order valence-corrected chi connectivity index (χ0v) is 13.8.